The van der Waals surface area contributed by atoms with Gasteiger partial charge in [0, 0.05) is 28.9 Å². The van der Waals surface area contributed by atoms with Gasteiger partial charge in [0.25, 0.3) is 0 Å². The number of aromatic hydroxyl groups is 1. The van der Waals surface area contributed by atoms with Crippen molar-refractivity contribution in [2.75, 3.05) is 19.7 Å². The summed E-state index contributed by atoms with van der Waals surface area (Å²) < 4.78 is 7.53. The van der Waals surface area contributed by atoms with Crippen molar-refractivity contribution in [3.05, 3.63) is 58.8 Å². The van der Waals surface area contributed by atoms with E-state index in [9.17, 15) is 9.90 Å². The fraction of sp³-hybridized carbons (Fsp3) is 0.400. The van der Waals surface area contributed by atoms with E-state index in [1.165, 1.54) is 19.3 Å². The van der Waals surface area contributed by atoms with E-state index in [0.29, 0.717) is 18.7 Å². The lowest BCUT2D eigenvalue weighted by molar-refractivity contribution is 0.0527. The zero-order chi connectivity index (χ0) is 21.3. The van der Waals surface area contributed by atoms with Crippen LogP contribution in [-0.2, 0) is 11.3 Å². The molecule has 1 fully saturated rings. The summed E-state index contributed by atoms with van der Waals surface area (Å²) in [5.41, 5.74) is 5.27. The Balaban J connectivity index is 0.00000272. The maximum atomic E-state index is 13.0. The van der Waals surface area contributed by atoms with Crippen LogP contribution < -0.4 is 0 Å². The molecule has 1 aliphatic heterocycles. The first-order chi connectivity index (χ1) is 14.5. The van der Waals surface area contributed by atoms with E-state index in [-0.39, 0.29) is 24.1 Å². The number of hydrogen-bond acceptors (Lipinski definition) is 4. The third kappa shape index (κ3) is 4.43. The fourth-order valence-corrected chi connectivity index (χ4v) is 4.62. The number of hydrogen-bond donors (Lipinski definition) is 1. The van der Waals surface area contributed by atoms with Crippen molar-refractivity contribution in [3.63, 3.8) is 0 Å². The van der Waals surface area contributed by atoms with Gasteiger partial charge >= 0.3 is 5.97 Å². The molecular weight excluding hydrogens is 412 g/mol. The van der Waals surface area contributed by atoms with E-state index in [2.05, 4.69) is 28.5 Å². The highest BCUT2D eigenvalue weighted by Gasteiger charge is 2.26. The van der Waals surface area contributed by atoms with Crippen molar-refractivity contribution >= 4 is 29.3 Å². The van der Waals surface area contributed by atoms with Crippen LogP contribution in [0, 0.1) is 13.8 Å². The van der Waals surface area contributed by atoms with Crippen LogP contribution in [0.1, 0.15) is 53.4 Å². The molecule has 3 aromatic rings. The molecule has 1 aliphatic rings. The number of nitrogens with zero attached hydrogens (tertiary/aromatic N) is 2. The number of esters is 1. The van der Waals surface area contributed by atoms with Gasteiger partial charge in [-0.3, -0.25) is 4.90 Å². The molecule has 166 valence electrons. The Hall–Kier alpha value is -2.50. The number of piperidine rings is 1. The highest BCUT2D eigenvalue weighted by Crippen LogP contribution is 2.37. The maximum Gasteiger partial charge on any atom is 0.340 e. The Kier molecular flexibility index (Phi) is 7.29. The lowest BCUT2D eigenvalue weighted by Crippen LogP contribution is -2.29. The number of likely N-dealkylation sites (tertiary alicyclic amines) is 1. The molecule has 0 saturated carbocycles. The SMILES string of the molecule is CCOC(=O)c1c(C)n(-c2cccc(C)c2)c2ccc(O)c(CN3CCCCC3)c12.Cl. The van der Waals surface area contributed by atoms with E-state index in [4.69, 9.17) is 4.74 Å². The van der Waals surface area contributed by atoms with Gasteiger partial charge < -0.3 is 14.4 Å². The highest BCUT2D eigenvalue weighted by molar-refractivity contribution is 6.08. The van der Waals surface area contributed by atoms with Crippen LogP contribution in [-0.4, -0.2) is 40.2 Å². The summed E-state index contributed by atoms with van der Waals surface area (Å²) in [5.74, 6) is -0.100. The minimum Gasteiger partial charge on any atom is -0.508 e. The molecule has 4 rings (SSSR count). The highest BCUT2D eigenvalue weighted by atomic mass is 35.5. The second-order valence-electron chi connectivity index (χ2n) is 8.15. The summed E-state index contributed by atoms with van der Waals surface area (Å²) in [6.07, 6.45) is 3.60. The molecule has 2 aromatic carbocycles. The molecule has 0 radical (unpaired) electrons. The van der Waals surface area contributed by atoms with E-state index in [1.54, 1.807) is 6.07 Å². The summed E-state index contributed by atoms with van der Waals surface area (Å²) >= 11 is 0. The standard InChI is InChI=1S/C25H30N2O3.ClH/c1-4-30-25(29)23-18(3)27(19-10-8-9-17(2)15-19)21-11-12-22(28)20(24(21)23)16-26-13-6-5-7-14-26;/h8-12,15,28H,4-7,13-14,16H2,1-3H3;1H. The molecule has 1 aromatic heterocycles. The van der Waals surface area contributed by atoms with Crippen molar-refractivity contribution in [2.24, 2.45) is 0 Å². The zero-order valence-electron chi connectivity index (χ0n) is 18.5. The summed E-state index contributed by atoms with van der Waals surface area (Å²) in [5, 5.41) is 11.6. The summed E-state index contributed by atoms with van der Waals surface area (Å²) in [6.45, 7) is 8.81. The molecule has 2 heterocycles. The summed E-state index contributed by atoms with van der Waals surface area (Å²) in [6, 6.07) is 11.9. The van der Waals surface area contributed by atoms with Gasteiger partial charge in [-0.15, -0.1) is 12.4 Å². The van der Waals surface area contributed by atoms with Crippen molar-refractivity contribution in [1.29, 1.82) is 0 Å². The van der Waals surface area contributed by atoms with Gasteiger partial charge in [0.1, 0.15) is 5.75 Å². The molecule has 0 aliphatic carbocycles. The van der Waals surface area contributed by atoms with Gasteiger partial charge in [-0.2, -0.15) is 0 Å². The monoisotopic (exact) mass is 442 g/mol. The summed E-state index contributed by atoms with van der Waals surface area (Å²) in [7, 11) is 0. The molecule has 0 atom stereocenters. The number of ether oxygens (including phenoxy) is 1. The van der Waals surface area contributed by atoms with E-state index in [1.807, 2.05) is 32.0 Å². The third-order valence-electron chi connectivity index (χ3n) is 6.02. The molecule has 5 nitrogen and oxygen atoms in total. The van der Waals surface area contributed by atoms with Gasteiger partial charge in [-0.05, 0) is 76.5 Å². The van der Waals surface area contributed by atoms with Crippen LogP contribution in [0.5, 0.6) is 5.75 Å². The first-order valence-electron chi connectivity index (χ1n) is 10.8. The Bertz CT molecular complexity index is 1080. The van der Waals surface area contributed by atoms with Crippen LogP contribution >= 0.6 is 12.4 Å². The number of aromatic nitrogens is 1. The quantitative estimate of drug-likeness (QED) is 0.527. The molecule has 0 bridgehead atoms. The molecule has 0 amide bonds. The minimum atomic E-state index is -0.336. The van der Waals surface area contributed by atoms with Crippen molar-refractivity contribution < 1.29 is 14.6 Å². The Morgan fingerprint density at radius 2 is 1.84 bits per heavy atom. The van der Waals surface area contributed by atoms with E-state index in [0.717, 1.165) is 46.5 Å². The van der Waals surface area contributed by atoms with E-state index < -0.39 is 0 Å². The van der Waals surface area contributed by atoms with Gasteiger partial charge in [0.05, 0.1) is 17.7 Å². The Morgan fingerprint density at radius 1 is 1.10 bits per heavy atom. The second kappa shape index (κ2) is 9.75. The number of benzene rings is 2. The average Bonchev–Trinajstić information content (AvgIpc) is 3.03. The van der Waals surface area contributed by atoms with Crippen LogP contribution in [0.2, 0.25) is 0 Å². The summed E-state index contributed by atoms with van der Waals surface area (Å²) in [4.78, 5) is 15.4. The van der Waals surface area contributed by atoms with E-state index >= 15 is 0 Å². The lowest BCUT2D eigenvalue weighted by atomic mass is 10.0. The van der Waals surface area contributed by atoms with Crippen molar-refractivity contribution in [1.82, 2.24) is 9.47 Å². The van der Waals surface area contributed by atoms with Crippen molar-refractivity contribution in [2.45, 2.75) is 46.6 Å². The van der Waals surface area contributed by atoms with Gasteiger partial charge in [-0.25, -0.2) is 4.79 Å². The number of carbonyl (C=O) groups is 1. The molecule has 1 N–H and O–H groups in total. The molecule has 0 spiro atoms. The zero-order valence-corrected chi connectivity index (χ0v) is 19.3. The minimum absolute atomic E-state index is 0. The van der Waals surface area contributed by atoms with Gasteiger partial charge in [0.15, 0.2) is 0 Å². The number of rotatable bonds is 5. The van der Waals surface area contributed by atoms with Crippen LogP contribution in [0.25, 0.3) is 16.6 Å². The van der Waals surface area contributed by atoms with Crippen molar-refractivity contribution in [3.8, 4) is 11.4 Å². The first-order valence-corrected chi connectivity index (χ1v) is 10.8. The number of phenolic OH excluding ortho intramolecular Hbond substituents is 1. The molecular formula is C25H31ClN2O3. The van der Waals surface area contributed by atoms with Crippen LogP contribution in [0.4, 0.5) is 0 Å². The number of carbonyl (C=O) groups excluding carboxylic acids is 1. The molecule has 31 heavy (non-hydrogen) atoms. The number of halogens is 1. The molecule has 1 saturated heterocycles. The fourth-order valence-electron chi connectivity index (χ4n) is 4.62. The number of phenols is 1. The third-order valence-corrected chi connectivity index (χ3v) is 6.02. The molecule has 0 unspecified atom stereocenters. The second-order valence-corrected chi connectivity index (χ2v) is 8.15. The predicted octanol–water partition coefficient (Wildman–Crippen LogP) is 5.54. The van der Waals surface area contributed by atoms with Gasteiger partial charge in [0.2, 0.25) is 0 Å². The lowest BCUT2D eigenvalue weighted by Gasteiger charge is -2.27. The topological polar surface area (TPSA) is 54.7 Å². The number of aryl methyl sites for hydroxylation is 1. The smallest absolute Gasteiger partial charge is 0.340 e. The Morgan fingerprint density at radius 3 is 2.52 bits per heavy atom. The largest absolute Gasteiger partial charge is 0.508 e. The Labute approximate surface area is 190 Å². The van der Waals surface area contributed by atoms with Crippen LogP contribution in [0.3, 0.4) is 0 Å². The first kappa shape index (κ1) is 23.2. The average molecular weight is 443 g/mol. The maximum absolute atomic E-state index is 13.0. The molecule has 6 heteroatoms. The van der Waals surface area contributed by atoms with Gasteiger partial charge in [-0.1, -0.05) is 18.6 Å². The predicted molar refractivity (Wildman–Crippen MR) is 127 cm³/mol. The normalized spacial score (nSPS) is 14.4. The number of fused-ring (bicyclic) bond motifs is 1. The van der Waals surface area contributed by atoms with Crippen LogP contribution in [0.15, 0.2) is 36.4 Å².